The Morgan fingerprint density at radius 3 is 2.83 bits per heavy atom. The van der Waals surface area contributed by atoms with E-state index in [-0.39, 0.29) is 11.9 Å². The number of hydrogen-bond acceptors (Lipinski definition) is 5. The molecule has 0 atom stereocenters. The molecule has 2 N–H and O–H groups in total. The molecule has 1 amide bonds. The molecule has 1 aliphatic heterocycles. The quantitative estimate of drug-likeness (QED) is 0.823. The second-order valence-electron chi connectivity index (χ2n) is 4.15. The summed E-state index contributed by atoms with van der Waals surface area (Å²) in [6.45, 7) is 4.82. The van der Waals surface area contributed by atoms with E-state index in [4.69, 9.17) is 10.5 Å². The molecule has 0 bridgehead atoms. The van der Waals surface area contributed by atoms with Crippen LogP contribution in [0.1, 0.15) is 34.6 Å². The molecule has 2 rings (SSSR count). The molecule has 18 heavy (non-hydrogen) atoms. The van der Waals surface area contributed by atoms with Gasteiger partial charge in [0.1, 0.15) is 5.00 Å². The van der Waals surface area contributed by atoms with Gasteiger partial charge in [-0.25, -0.2) is 4.79 Å². The van der Waals surface area contributed by atoms with E-state index in [0.29, 0.717) is 36.7 Å². The van der Waals surface area contributed by atoms with Crippen molar-refractivity contribution in [3.63, 3.8) is 0 Å². The summed E-state index contributed by atoms with van der Waals surface area (Å²) >= 11 is 1.38. The number of thiophene rings is 1. The monoisotopic (exact) mass is 268 g/mol. The zero-order valence-electron chi connectivity index (χ0n) is 10.5. The third-order valence-corrected chi connectivity index (χ3v) is 4.05. The predicted octanol–water partition coefficient (Wildman–Crippen LogP) is 1.41. The third-order valence-electron chi connectivity index (χ3n) is 3.01. The summed E-state index contributed by atoms with van der Waals surface area (Å²) in [5.41, 5.74) is 7.34. The van der Waals surface area contributed by atoms with Crippen LogP contribution in [0.25, 0.3) is 0 Å². The Hall–Kier alpha value is -1.56. The highest BCUT2D eigenvalue weighted by molar-refractivity contribution is 7.16. The van der Waals surface area contributed by atoms with Gasteiger partial charge in [0.15, 0.2) is 0 Å². The lowest BCUT2D eigenvalue weighted by Crippen LogP contribution is -2.33. The highest BCUT2D eigenvalue weighted by Gasteiger charge is 2.28. The molecule has 1 aliphatic rings. The Morgan fingerprint density at radius 1 is 1.50 bits per heavy atom. The number of hydrogen-bond donors (Lipinski definition) is 1. The van der Waals surface area contributed by atoms with E-state index in [0.717, 1.165) is 10.4 Å². The van der Waals surface area contributed by atoms with Gasteiger partial charge in [-0.05, 0) is 18.9 Å². The summed E-state index contributed by atoms with van der Waals surface area (Å²) in [7, 11) is 0. The van der Waals surface area contributed by atoms with Crippen LogP contribution in [0.4, 0.5) is 5.00 Å². The van der Waals surface area contributed by atoms with Crippen molar-refractivity contribution in [2.75, 3.05) is 18.9 Å². The van der Waals surface area contributed by atoms with Gasteiger partial charge in [-0.1, -0.05) is 0 Å². The number of amides is 1. The van der Waals surface area contributed by atoms with Crippen molar-refractivity contribution in [3.05, 3.63) is 16.0 Å². The molecule has 2 heterocycles. The molecule has 0 aromatic carbocycles. The summed E-state index contributed by atoms with van der Waals surface area (Å²) in [6, 6.07) is 0. The van der Waals surface area contributed by atoms with E-state index in [2.05, 4.69) is 0 Å². The van der Waals surface area contributed by atoms with Crippen LogP contribution in [0.5, 0.6) is 0 Å². The zero-order valence-corrected chi connectivity index (χ0v) is 11.3. The van der Waals surface area contributed by atoms with Crippen molar-refractivity contribution in [2.45, 2.75) is 26.8 Å². The Labute approximate surface area is 110 Å². The lowest BCUT2D eigenvalue weighted by atomic mass is 10.0. The molecule has 0 aliphatic carbocycles. The number of nitrogens with zero attached hydrogens (tertiary/aromatic N) is 1. The molecule has 0 saturated carbocycles. The maximum Gasteiger partial charge on any atom is 0.341 e. The molecule has 5 nitrogen and oxygen atoms in total. The molecule has 0 radical (unpaired) electrons. The van der Waals surface area contributed by atoms with Crippen molar-refractivity contribution in [1.29, 1.82) is 0 Å². The van der Waals surface area contributed by atoms with Gasteiger partial charge in [-0.2, -0.15) is 0 Å². The van der Waals surface area contributed by atoms with Gasteiger partial charge in [-0.3, -0.25) is 4.79 Å². The van der Waals surface area contributed by atoms with Gasteiger partial charge < -0.3 is 15.4 Å². The first-order valence-corrected chi connectivity index (χ1v) is 6.68. The van der Waals surface area contributed by atoms with Crippen molar-refractivity contribution in [3.8, 4) is 0 Å². The predicted molar refractivity (Wildman–Crippen MR) is 69.5 cm³/mol. The summed E-state index contributed by atoms with van der Waals surface area (Å²) in [4.78, 5) is 25.9. The van der Waals surface area contributed by atoms with Crippen molar-refractivity contribution < 1.29 is 14.3 Å². The number of nitrogen functional groups attached to an aromatic ring is 1. The number of nitrogens with two attached hydrogens (primary N) is 1. The van der Waals surface area contributed by atoms with Crippen LogP contribution in [-0.4, -0.2) is 29.9 Å². The van der Waals surface area contributed by atoms with E-state index < -0.39 is 0 Å². The van der Waals surface area contributed by atoms with Gasteiger partial charge >= 0.3 is 5.97 Å². The largest absolute Gasteiger partial charge is 0.462 e. The van der Waals surface area contributed by atoms with Gasteiger partial charge in [-0.15, -0.1) is 11.3 Å². The van der Waals surface area contributed by atoms with Crippen LogP contribution < -0.4 is 5.73 Å². The van der Waals surface area contributed by atoms with Crippen molar-refractivity contribution in [1.82, 2.24) is 4.90 Å². The molecule has 0 fully saturated rings. The van der Waals surface area contributed by atoms with Gasteiger partial charge in [0.05, 0.1) is 18.7 Å². The normalized spacial score (nSPS) is 14.2. The Bertz CT molecular complexity index is 496. The van der Waals surface area contributed by atoms with Crippen LogP contribution in [0.15, 0.2) is 0 Å². The van der Waals surface area contributed by atoms with E-state index >= 15 is 0 Å². The maximum absolute atomic E-state index is 11.8. The molecule has 1 aromatic heterocycles. The van der Waals surface area contributed by atoms with E-state index in [1.54, 1.807) is 18.7 Å². The number of anilines is 1. The number of rotatable bonds is 2. The minimum atomic E-state index is -0.358. The summed E-state index contributed by atoms with van der Waals surface area (Å²) in [6.07, 6.45) is 0.663. The summed E-state index contributed by atoms with van der Waals surface area (Å²) in [5.74, 6) is -0.311. The number of carbonyl (C=O) groups excluding carboxylic acids is 2. The minimum absolute atomic E-state index is 0.0466. The van der Waals surface area contributed by atoms with Crippen LogP contribution >= 0.6 is 11.3 Å². The van der Waals surface area contributed by atoms with E-state index in [9.17, 15) is 9.59 Å². The molecule has 6 heteroatoms. The summed E-state index contributed by atoms with van der Waals surface area (Å²) in [5, 5.41) is 0.490. The first-order valence-electron chi connectivity index (χ1n) is 5.87. The maximum atomic E-state index is 11.8. The zero-order chi connectivity index (χ0) is 13.3. The van der Waals surface area contributed by atoms with E-state index in [1.165, 1.54) is 11.3 Å². The number of esters is 1. The van der Waals surface area contributed by atoms with Crippen LogP contribution in [0, 0.1) is 0 Å². The SMILES string of the molecule is CCOC(=O)c1c(N)sc2c1CCN(C(C)=O)C2. The second kappa shape index (κ2) is 4.97. The molecule has 98 valence electrons. The minimum Gasteiger partial charge on any atom is -0.462 e. The molecule has 0 unspecified atom stereocenters. The number of carbonyl (C=O) groups is 2. The first kappa shape index (κ1) is 12.9. The van der Waals surface area contributed by atoms with Crippen molar-refractivity contribution >= 4 is 28.2 Å². The molecular formula is C12H16N2O3S. The van der Waals surface area contributed by atoms with Gasteiger partial charge in [0.25, 0.3) is 0 Å². The van der Waals surface area contributed by atoms with E-state index in [1.807, 2.05) is 0 Å². The molecule has 0 spiro atoms. The lowest BCUT2D eigenvalue weighted by molar-refractivity contribution is -0.129. The topological polar surface area (TPSA) is 72.6 Å². The molecular weight excluding hydrogens is 252 g/mol. The second-order valence-corrected chi connectivity index (χ2v) is 5.29. The van der Waals surface area contributed by atoms with Crippen LogP contribution in [0.2, 0.25) is 0 Å². The third kappa shape index (κ3) is 2.20. The summed E-state index contributed by atoms with van der Waals surface area (Å²) < 4.78 is 5.01. The van der Waals surface area contributed by atoms with Crippen molar-refractivity contribution in [2.24, 2.45) is 0 Å². The Kier molecular flexibility index (Phi) is 3.56. The highest BCUT2D eigenvalue weighted by Crippen LogP contribution is 2.35. The smallest absolute Gasteiger partial charge is 0.341 e. The van der Waals surface area contributed by atoms with Crippen LogP contribution in [0.3, 0.4) is 0 Å². The molecule has 1 aromatic rings. The highest BCUT2D eigenvalue weighted by atomic mass is 32.1. The first-order chi connectivity index (χ1) is 8.54. The van der Waals surface area contributed by atoms with Gasteiger partial charge in [0.2, 0.25) is 5.91 Å². The standard InChI is InChI=1S/C12H16N2O3S/c1-3-17-12(16)10-8-4-5-14(7(2)15)6-9(8)18-11(10)13/h3-6,13H2,1-2H3. The fourth-order valence-electron chi connectivity index (χ4n) is 2.12. The molecule has 0 saturated heterocycles. The van der Waals surface area contributed by atoms with Crippen LogP contribution in [-0.2, 0) is 22.5 Å². The fourth-order valence-corrected chi connectivity index (χ4v) is 3.24. The average molecular weight is 268 g/mol. The lowest BCUT2D eigenvalue weighted by Gasteiger charge is -2.25. The van der Waals surface area contributed by atoms with Gasteiger partial charge in [0, 0.05) is 18.3 Å². The average Bonchev–Trinajstić information content (AvgIpc) is 2.63. The number of fused-ring (bicyclic) bond motifs is 1. The number of ether oxygens (including phenoxy) is 1. The Morgan fingerprint density at radius 2 is 2.22 bits per heavy atom. The fraction of sp³-hybridized carbons (Fsp3) is 0.500. The Balaban J connectivity index is 2.31.